The molecule has 0 amide bonds. The predicted molar refractivity (Wildman–Crippen MR) is 62.4 cm³/mol. The molecule has 0 spiro atoms. The summed E-state index contributed by atoms with van der Waals surface area (Å²) in [5.74, 6) is 1.26. The van der Waals surface area contributed by atoms with Gasteiger partial charge in [0.15, 0.2) is 5.82 Å². The van der Waals surface area contributed by atoms with E-state index in [0.29, 0.717) is 17.8 Å². The van der Waals surface area contributed by atoms with Gasteiger partial charge in [0.25, 0.3) is 0 Å². The zero-order valence-corrected chi connectivity index (χ0v) is 9.79. The highest BCUT2D eigenvalue weighted by Crippen LogP contribution is 2.26. The van der Waals surface area contributed by atoms with Crippen LogP contribution in [0.1, 0.15) is 38.3 Å². The van der Waals surface area contributed by atoms with Crippen molar-refractivity contribution < 1.29 is 0 Å². The summed E-state index contributed by atoms with van der Waals surface area (Å²) < 4.78 is 0. The van der Waals surface area contributed by atoms with Gasteiger partial charge in [0.1, 0.15) is 5.69 Å². The molecular formula is C11H18N4O. The zero-order chi connectivity index (χ0) is 11.5. The summed E-state index contributed by atoms with van der Waals surface area (Å²) in [4.78, 5) is 15.0. The Hall–Kier alpha value is -1.39. The monoisotopic (exact) mass is 222 g/mol. The van der Waals surface area contributed by atoms with Gasteiger partial charge in [-0.25, -0.2) is 9.89 Å². The molecule has 0 aliphatic heterocycles. The third kappa shape index (κ3) is 2.40. The standard InChI is InChI=1S/C11H18N4O/c1-7-5-3-4-6-9(7)12-10-8(2)14-15-11(16)13-10/h7,9H,3-6H2,1-2H3,(H2,12,13,15,16)/t7-,9-/m1/s1. The van der Waals surface area contributed by atoms with Crippen LogP contribution in [0.5, 0.6) is 0 Å². The molecule has 88 valence electrons. The Morgan fingerprint density at radius 1 is 1.38 bits per heavy atom. The maximum absolute atomic E-state index is 11.1. The molecule has 1 aliphatic rings. The van der Waals surface area contributed by atoms with Crippen molar-refractivity contribution in [3.05, 3.63) is 16.2 Å². The Bertz CT molecular complexity index is 415. The Morgan fingerprint density at radius 2 is 2.12 bits per heavy atom. The lowest BCUT2D eigenvalue weighted by atomic mass is 9.86. The molecule has 2 atom stereocenters. The van der Waals surface area contributed by atoms with Crippen LogP contribution in [-0.2, 0) is 0 Å². The number of H-pyrrole nitrogens is 1. The summed E-state index contributed by atoms with van der Waals surface area (Å²) in [6.45, 7) is 4.09. The van der Waals surface area contributed by atoms with Gasteiger partial charge >= 0.3 is 5.69 Å². The van der Waals surface area contributed by atoms with Crippen LogP contribution in [0.15, 0.2) is 4.79 Å². The van der Waals surface area contributed by atoms with Crippen LogP contribution < -0.4 is 11.0 Å². The second-order valence-electron chi connectivity index (χ2n) is 4.59. The number of hydrogen-bond donors (Lipinski definition) is 2. The average molecular weight is 222 g/mol. The molecule has 1 fully saturated rings. The SMILES string of the molecule is Cc1n[nH]c(=O)nc1N[C@@H]1CCCC[C@H]1C. The molecule has 0 aromatic carbocycles. The van der Waals surface area contributed by atoms with Crippen molar-refractivity contribution in [1.29, 1.82) is 0 Å². The topological polar surface area (TPSA) is 70.7 Å². The van der Waals surface area contributed by atoms with Crippen molar-refractivity contribution in [3.63, 3.8) is 0 Å². The molecule has 2 N–H and O–H groups in total. The normalized spacial score (nSPS) is 25.4. The average Bonchev–Trinajstić information content (AvgIpc) is 2.27. The minimum absolute atomic E-state index is 0.392. The number of anilines is 1. The predicted octanol–water partition coefficient (Wildman–Crippen LogP) is 1.46. The molecule has 0 radical (unpaired) electrons. The first-order valence-electron chi connectivity index (χ1n) is 5.86. The highest BCUT2D eigenvalue weighted by molar-refractivity contribution is 5.38. The molecular weight excluding hydrogens is 204 g/mol. The molecule has 1 aromatic rings. The summed E-state index contributed by atoms with van der Waals surface area (Å²) in [5, 5.41) is 9.58. The molecule has 1 saturated carbocycles. The van der Waals surface area contributed by atoms with Gasteiger partial charge in [-0.05, 0) is 25.7 Å². The molecule has 2 rings (SSSR count). The summed E-state index contributed by atoms with van der Waals surface area (Å²) in [6, 6.07) is 0.420. The maximum Gasteiger partial charge on any atom is 0.363 e. The fraction of sp³-hybridized carbons (Fsp3) is 0.727. The molecule has 5 nitrogen and oxygen atoms in total. The van der Waals surface area contributed by atoms with E-state index in [0.717, 1.165) is 12.1 Å². The van der Waals surface area contributed by atoms with Gasteiger partial charge in [-0.2, -0.15) is 10.1 Å². The second-order valence-corrected chi connectivity index (χ2v) is 4.59. The van der Waals surface area contributed by atoms with E-state index in [1.165, 1.54) is 19.3 Å². The van der Waals surface area contributed by atoms with Gasteiger partial charge in [-0.3, -0.25) is 0 Å². The fourth-order valence-corrected chi connectivity index (χ4v) is 2.24. The quantitative estimate of drug-likeness (QED) is 0.794. The fourth-order valence-electron chi connectivity index (χ4n) is 2.24. The van der Waals surface area contributed by atoms with Crippen molar-refractivity contribution >= 4 is 5.82 Å². The first-order chi connectivity index (χ1) is 7.66. The Labute approximate surface area is 94.7 Å². The number of aromatic amines is 1. The van der Waals surface area contributed by atoms with E-state index in [9.17, 15) is 4.79 Å². The highest BCUT2D eigenvalue weighted by Gasteiger charge is 2.22. The van der Waals surface area contributed by atoms with Crippen molar-refractivity contribution in [3.8, 4) is 0 Å². The van der Waals surface area contributed by atoms with E-state index >= 15 is 0 Å². The lowest BCUT2D eigenvalue weighted by molar-refractivity contribution is 0.348. The minimum Gasteiger partial charge on any atom is -0.365 e. The van der Waals surface area contributed by atoms with E-state index in [1.54, 1.807) is 0 Å². The van der Waals surface area contributed by atoms with Crippen LogP contribution in [0.3, 0.4) is 0 Å². The summed E-state index contributed by atoms with van der Waals surface area (Å²) in [6.07, 6.45) is 4.94. The van der Waals surface area contributed by atoms with Crippen LogP contribution in [-0.4, -0.2) is 21.2 Å². The van der Waals surface area contributed by atoms with Crippen LogP contribution >= 0.6 is 0 Å². The molecule has 0 saturated heterocycles. The van der Waals surface area contributed by atoms with Crippen LogP contribution in [0, 0.1) is 12.8 Å². The lowest BCUT2D eigenvalue weighted by Crippen LogP contribution is -2.32. The minimum atomic E-state index is -0.392. The Kier molecular flexibility index (Phi) is 3.22. The third-order valence-corrected chi connectivity index (χ3v) is 3.31. The second kappa shape index (κ2) is 4.63. The van der Waals surface area contributed by atoms with Gasteiger partial charge in [0.05, 0.1) is 0 Å². The van der Waals surface area contributed by atoms with Gasteiger partial charge in [-0.15, -0.1) is 0 Å². The number of nitrogens with one attached hydrogen (secondary N) is 2. The summed E-state index contributed by atoms with van der Waals surface area (Å²) in [5.41, 5.74) is 0.355. The summed E-state index contributed by atoms with van der Waals surface area (Å²) in [7, 11) is 0. The number of aromatic nitrogens is 3. The Balaban J connectivity index is 2.13. The van der Waals surface area contributed by atoms with Crippen molar-refractivity contribution in [1.82, 2.24) is 15.2 Å². The first kappa shape index (κ1) is 11.1. The van der Waals surface area contributed by atoms with Crippen molar-refractivity contribution in [2.75, 3.05) is 5.32 Å². The molecule has 1 heterocycles. The maximum atomic E-state index is 11.1. The van der Waals surface area contributed by atoms with E-state index in [4.69, 9.17) is 0 Å². The van der Waals surface area contributed by atoms with Gasteiger partial charge < -0.3 is 5.32 Å². The van der Waals surface area contributed by atoms with E-state index in [-0.39, 0.29) is 0 Å². The van der Waals surface area contributed by atoms with Gasteiger partial charge in [-0.1, -0.05) is 19.8 Å². The molecule has 1 aromatic heterocycles. The van der Waals surface area contributed by atoms with E-state index in [1.807, 2.05) is 6.92 Å². The third-order valence-electron chi connectivity index (χ3n) is 3.31. The van der Waals surface area contributed by atoms with E-state index in [2.05, 4.69) is 27.4 Å². The van der Waals surface area contributed by atoms with Crippen molar-refractivity contribution in [2.45, 2.75) is 45.6 Å². The number of aryl methyl sites for hydroxylation is 1. The molecule has 5 heteroatoms. The summed E-state index contributed by atoms with van der Waals surface area (Å²) >= 11 is 0. The molecule has 0 bridgehead atoms. The molecule has 0 unspecified atom stereocenters. The number of rotatable bonds is 2. The van der Waals surface area contributed by atoms with Crippen molar-refractivity contribution in [2.24, 2.45) is 5.92 Å². The van der Waals surface area contributed by atoms with Crippen LogP contribution in [0.4, 0.5) is 5.82 Å². The highest BCUT2D eigenvalue weighted by atomic mass is 16.1. The van der Waals surface area contributed by atoms with E-state index < -0.39 is 5.69 Å². The molecule has 1 aliphatic carbocycles. The van der Waals surface area contributed by atoms with Gasteiger partial charge in [0, 0.05) is 6.04 Å². The molecule has 16 heavy (non-hydrogen) atoms. The zero-order valence-electron chi connectivity index (χ0n) is 9.79. The van der Waals surface area contributed by atoms with Gasteiger partial charge in [0.2, 0.25) is 0 Å². The first-order valence-corrected chi connectivity index (χ1v) is 5.86. The Morgan fingerprint density at radius 3 is 2.88 bits per heavy atom. The number of nitrogens with zero attached hydrogens (tertiary/aromatic N) is 2. The largest absolute Gasteiger partial charge is 0.365 e. The smallest absolute Gasteiger partial charge is 0.363 e. The lowest BCUT2D eigenvalue weighted by Gasteiger charge is -2.30. The number of hydrogen-bond acceptors (Lipinski definition) is 4. The van der Waals surface area contributed by atoms with Crippen LogP contribution in [0.2, 0.25) is 0 Å². The van der Waals surface area contributed by atoms with Crippen LogP contribution in [0.25, 0.3) is 0 Å².